The van der Waals surface area contributed by atoms with E-state index in [0.29, 0.717) is 15.5 Å². The van der Waals surface area contributed by atoms with Gasteiger partial charge in [0.05, 0.1) is 4.88 Å². The van der Waals surface area contributed by atoms with E-state index in [1.165, 1.54) is 37.3 Å². The highest BCUT2D eigenvalue weighted by Gasteiger charge is 2.15. The molecule has 0 unspecified atom stereocenters. The standard InChI is InChI=1S/C17H13FN2O5S/c1-10(21)13-6-7-14(26-13)17(22)24-9-16-19-15(20-25-16)8-23-12-4-2-11(18)3-5-12/h2-7H,8-9H2,1H3. The van der Waals surface area contributed by atoms with E-state index < -0.39 is 5.97 Å². The van der Waals surface area contributed by atoms with Gasteiger partial charge >= 0.3 is 5.97 Å². The number of thiophene rings is 1. The van der Waals surface area contributed by atoms with Gasteiger partial charge in [-0.25, -0.2) is 9.18 Å². The molecule has 3 aromatic rings. The predicted molar refractivity (Wildman–Crippen MR) is 88.5 cm³/mol. The summed E-state index contributed by atoms with van der Waals surface area (Å²) in [4.78, 5) is 28.0. The Morgan fingerprint density at radius 3 is 2.54 bits per heavy atom. The maximum Gasteiger partial charge on any atom is 0.348 e. The Balaban J connectivity index is 1.50. The highest BCUT2D eigenvalue weighted by atomic mass is 32.1. The van der Waals surface area contributed by atoms with Crippen molar-refractivity contribution in [1.29, 1.82) is 0 Å². The number of hydrogen-bond acceptors (Lipinski definition) is 8. The zero-order valence-corrected chi connectivity index (χ0v) is 14.4. The third kappa shape index (κ3) is 4.51. The van der Waals surface area contributed by atoms with E-state index in [-0.39, 0.29) is 36.5 Å². The number of hydrogen-bond donors (Lipinski definition) is 0. The van der Waals surface area contributed by atoms with Crippen molar-refractivity contribution in [3.63, 3.8) is 0 Å². The van der Waals surface area contributed by atoms with Gasteiger partial charge in [-0.2, -0.15) is 4.98 Å². The Morgan fingerprint density at radius 2 is 1.85 bits per heavy atom. The Hall–Kier alpha value is -3.07. The topological polar surface area (TPSA) is 91.5 Å². The monoisotopic (exact) mass is 376 g/mol. The summed E-state index contributed by atoms with van der Waals surface area (Å²) in [5, 5.41) is 3.71. The lowest BCUT2D eigenvalue weighted by atomic mass is 10.3. The molecule has 134 valence electrons. The van der Waals surface area contributed by atoms with Crippen LogP contribution in [0.5, 0.6) is 5.75 Å². The molecule has 26 heavy (non-hydrogen) atoms. The van der Waals surface area contributed by atoms with Gasteiger partial charge < -0.3 is 14.0 Å². The molecular weight excluding hydrogens is 363 g/mol. The lowest BCUT2D eigenvalue weighted by Gasteiger charge is -2.02. The third-order valence-electron chi connectivity index (χ3n) is 3.17. The second-order valence-electron chi connectivity index (χ2n) is 5.14. The number of carbonyl (C=O) groups excluding carboxylic acids is 2. The number of halogens is 1. The molecule has 0 amide bonds. The van der Waals surface area contributed by atoms with Gasteiger partial charge in [-0.3, -0.25) is 4.79 Å². The largest absolute Gasteiger partial charge is 0.485 e. The Bertz CT molecular complexity index is 919. The van der Waals surface area contributed by atoms with Crippen molar-refractivity contribution in [1.82, 2.24) is 10.1 Å². The first-order chi connectivity index (χ1) is 12.5. The zero-order valence-electron chi connectivity index (χ0n) is 13.6. The first-order valence-corrected chi connectivity index (χ1v) is 8.30. The molecule has 0 saturated heterocycles. The molecule has 0 fully saturated rings. The van der Waals surface area contributed by atoms with Crippen molar-refractivity contribution in [2.75, 3.05) is 0 Å². The summed E-state index contributed by atoms with van der Waals surface area (Å²) in [6.45, 7) is 1.25. The summed E-state index contributed by atoms with van der Waals surface area (Å²) in [7, 11) is 0. The van der Waals surface area contributed by atoms with Crippen molar-refractivity contribution in [3.05, 3.63) is 63.7 Å². The molecule has 1 aromatic carbocycles. The SMILES string of the molecule is CC(=O)c1ccc(C(=O)OCc2nc(COc3ccc(F)cc3)no2)s1. The molecule has 0 atom stereocenters. The van der Waals surface area contributed by atoms with Gasteiger partial charge in [0.1, 0.15) is 16.4 Å². The maximum atomic E-state index is 12.8. The molecule has 7 nitrogen and oxygen atoms in total. The van der Waals surface area contributed by atoms with Gasteiger partial charge in [-0.15, -0.1) is 11.3 Å². The number of nitrogens with zero attached hydrogens (tertiary/aromatic N) is 2. The molecule has 2 heterocycles. The van der Waals surface area contributed by atoms with Crippen molar-refractivity contribution in [2.24, 2.45) is 0 Å². The van der Waals surface area contributed by atoms with Crippen LogP contribution in [0.1, 0.15) is 38.0 Å². The number of Topliss-reactive ketones (excluding diaryl/α,β-unsaturated/α-hetero) is 1. The summed E-state index contributed by atoms with van der Waals surface area (Å²) in [6, 6.07) is 8.61. The normalized spacial score (nSPS) is 10.5. The number of ether oxygens (including phenoxy) is 2. The Kier molecular flexibility index (Phi) is 5.37. The summed E-state index contributed by atoms with van der Waals surface area (Å²) in [6.07, 6.45) is 0. The van der Waals surface area contributed by atoms with Crippen LogP contribution in [0.4, 0.5) is 4.39 Å². The first kappa shape index (κ1) is 17.7. The van der Waals surface area contributed by atoms with Crippen LogP contribution in [0.15, 0.2) is 40.9 Å². The molecule has 0 N–H and O–H groups in total. The average Bonchev–Trinajstić information content (AvgIpc) is 3.29. The van der Waals surface area contributed by atoms with Gasteiger partial charge in [0.25, 0.3) is 5.89 Å². The zero-order chi connectivity index (χ0) is 18.5. The average molecular weight is 376 g/mol. The van der Waals surface area contributed by atoms with Gasteiger partial charge in [-0.1, -0.05) is 5.16 Å². The van der Waals surface area contributed by atoms with Crippen LogP contribution in [0.25, 0.3) is 0 Å². The van der Waals surface area contributed by atoms with E-state index in [1.54, 1.807) is 6.07 Å². The highest BCUT2D eigenvalue weighted by molar-refractivity contribution is 7.15. The van der Waals surface area contributed by atoms with Crippen LogP contribution in [-0.4, -0.2) is 21.9 Å². The Morgan fingerprint density at radius 1 is 1.12 bits per heavy atom. The summed E-state index contributed by atoms with van der Waals surface area (Å²) in [5.74, 6) is -0.221. The lowest BCUT2D eigenvalue weighted by Crippen LogP contribution is -2.04. The second-order valence-corrected chi connectivity index (χ2v) is 6.23. The molecule has 9 heteroatoms. The number of rotatable bonds is 7. The van der Waals surface area contributed by atoms with Gasteiger partial charge in [0, 0.05) is 0 Å². The predicted octanol–water partition coefficient (Wildman–Crippen LogP) is 3.41. The number of benzene rings is 1. The minimum absolute atomic E-state index is 0.0238. The summed E-state index contributed by atoms with van der Waals surface area (Å²) < 4.78 is 28.3. The van der Waals surface area contributed by atoms with E-state index >= 15 is 0 Å². The van der Waals surface area contributed by atoms with E-state index in [0.717, 1.165) is 11.3 Å². The Labute approximate surface area is 151 Å². The smallest absolute Gasteiger partial charge is 0.348 e. The fraction of sp³-hybridized carbons (Fsp3) is 0.176. The summed E-state index contributed by atoms with van der Waals surface area (Å²) in [5.41, 5.74) is 0. The highest BCUT2D eigenvalue weighted by Crippen LogP contribution is 2.18. The van der Waals surface area contributed by atoms with Crippen LogP contribution in [0.3, 0.4) is 0 Å². The molecule has 0 aliphatic rings. The molecule has 0 aliphatic carbocycles. The molecule has 0 bridgehead atoms. The number of carbonyl (C=O) groups is 2. The van der Waals surface area contributed by atoms with E-state index in [4.69, 9.17) is 14.0 Å². The number of ketones is 1. The quantitative estimate of drug-likeness (QED) is 0.461. The molecule has 0 aliphatic heterocycles. The first-order valence-electron chi connectivity index (χ1n) is 7.49. The van der Waals surface area contributed by atoms with Crippen molar-refractivity contribution < 1.29 is 28.0 Å². The minimum Gasteiger partial charge on any atom is -0.485 e. The summed E-state index contributed by atoms with van der Waals surface area (Å²) >= 11 is 1.06. The van der Waals surface area contributed by atoms with Crippen LogP contribution in [0.2, 0.25) is 0 Å². The number of aromatic nitrogens is 2. The molecule has 0 saturated carbocycles. The van der Waals surface area contributed by atoms with Crippen molar-refractivity contribution in [2.45, 2.75) is 20.1 Å². The van der Waals surface area contributed by atoms with Crippen LogP contribution < -0.4 is 4.74 Å². The fourth-order valence-electron chi connectivity index (χ4n) is 1.92. The van der Waals surface area contributed by atoms with Gasteiger partial charge in [0.2, 0.25) is 5.82 Å². The molecule has 2 aromatic heterocycles. The second kappa shape index (κ2) is 7.87. The minimum atomic E-state index is -0.579. The molecular formula is C17H13FN2O5S. The van der Waals surface area contributed by atoms with Crippen LogP contribution in [-0.2, 0) is 18.0 Å². The molecule has 3 rings (SSSR count). The van der Waals surface area contributed by atoms with E-state index in [1.807, 2.05) is 0 Å². The van der Waals surface area contributed by atoms with Crippen LogP contribution in [0, 0.1) is 5.82 Å². The van der Waals surface area contributed by atoms with Crippen LogP contribution >= 0.6 is 11.3 Å². The van der Waals surface area contributed by atoms with Gasteiger partial charge in [-0.05, 0) is 43.3 Å². The van der Waals surface area contributed by atoms with Crippen molar-refractivity contribution >= 4 is 23.1 Å². The maximum absolute atomic E-state index is 12.8. The lowest BCUT2D eigenvalue weighted by molar-refractivity contribution is 0.0435. The number of esters is 1. The van der Waals surface area contributed by atoms with Gasteiger partial charge in [0.15, 0.2) is 19.0 Å². The van der Waals surface area contributed by atoms with E-state index in [2.05, 4.69) is 10.1 Å². The fourth-order valence-corrected chi connectivity index (χ4v) is 2.72. The molecule has 0 spiro atoms. The molecule has 0 radical (unpaired) electrons. The van der Waals surface area contributed by atoms with Crippen molar-refractivity contribution in [3.8, 4) is 5.75 Å². The third-order valence-corrected chi connectivity index (χ3v) is 4.34. The van der Waals surface area contributed by atoms with E-state index in [9.17, 15) is 14.0 Å².